The molecule has 13 atom stereocenters. The maximum atomic E-state index is 15.6. The number of carbonyl (C=O) groups excluding carboxylic acids is 15. The number of aromatic nitrogens is 1. The van der Waals surface area contributed by atoms with Gasteiger partial charge in [-0.2, -0.15) is 0 Å². The fraction of sp³-hybridized carbons (Fsp3) is 0.456. The number of fused-ring (bicyclic) bond motifs is 3. The zero-order chi connectivity index (χ0) is 97.2. The third kappa shape index (κ3) is 28.5. The molecule has 15 amide bonds. The lowest BCUT2D eigenvalue weighted by Crippen LogP contribution is -2.64. The zero-order valence-corrected chi connectivity index (χ0v) is 74.8. The van der Waals surface area contributed by atoms with Crippen LogP contribution in [-0.4, -0.2) is 296 Å². The predicted molar refractivity (Wildman–Crippen MR) is 472 cm³/mol. The number of nitrogens with two attached hydrogens (primary N) is 2. The van der Waals surface area contributed by atoms with Crippen LogP contribution in [0.4, 0.5) is 17.6 Å². The number of carboxylic acids is 2. The first-order valence-electron chi connectivity index (χ1n) is 43.2. The van der Waals surface area contributed by atoms with E-state index in [1.165, 1.54) is 64.3 Å². The van der Waals surface area contributed by atoms with Crippen LogP contribution in [0.5, 0.6) is 5.75 Å². The first kappa shape index (κ1) is 103. The van der Waals surface area contributed by atoms with Gasteiger partial charge < -0.3 is 109 Å². The Bertz CT molecular complexity index is 5210. The lowest BCUT2D eigenvalue weighted by molar-refractivity contribution is -0.152. The van der Waals surface area contributed by atoms with Crippen molar-refractivity contribution in [2.24, 2.45) is 17.4 Å². The minimum Gasteiger partial charge on any atom is -0.508 e. The number of nitrogens with zero attached hydrogens (tertiary/aromatic N) is 5. The number of unbranched alkanes of at least 4 members (excludes halogenated alkanes) is 1. The lowest BCUT2D eigenvalue weighted by atomic mass is 9.98. The van der Waals surface area contributed by atoms with Crippen molar-refractivity contribution in [2.45, 2.75) is 183 Å². The maximum Gasteiger partial charge on any atom is 0.305 e. The van der Waals surface area contributed by atoms with Crippen molar-refractivity contribution in [1.82, 2.24) is 77.3 Å². The summed E-state index contributed by atoms with van der Waals surface area (Å²) in [6.07, 6.45) is -2.85. The number of primary amides is 1. The number of carboxylic acid groups (broad SMARTS) is 2. The normalized spacial score (nSPS) is 23.6. The van der Waals surface area contributed by atoms with Gasteiger partial charge in [-0.15, -0.1) is 11.8 Å². The summed E-state index contributed by atoms with van der Waals surface area (Å²) in [5.41, 5.74) is 13.1. The summed E-state index contributed by atoms with van der Waals surface area (Å²) < 4.78 is 65.4. The highest BCUT2D eigenvalue weighted by molar-refractivity contribution is 8.00. The number of H-pyrrole nitrogens is 1. The quantitative estimate of drug-likeness (QED) is 0.0297. The van der Waals surface area contributed by atoms with Gasteiger partial charge in [0.25, 0.3) is 0 Å². The molecule has 38 nitrogen and oxygen atoms in total. The summed E-state index contributed by atoms with van der Waals surface area (Å²) in [5.74, 6) is -27.7. The highest BCUT2D eigenvalue weighted by atomic mass is 32.2. The highest BCUT2D eigenvalue weighted by Crippen LogP contribution is 2.28. The Morgan fingerprint density at radius 3 is 1.75 bits per heavy atom. The fourth-order valence-corrected chi connectivity index (χ4v) is 16.6. The Kier molecular flexibility index (Phi) is 37.6. The number of aromatic amines is 1. The molecule has 3 fully saturated rings. The van der Waals surface area contributed by atoms with Crippen molar-refractivity contribution >= 4 is 123 Å². The van der Waals surface area contributed by atoms with Gasteiger partial charge in [0.2, 0.25) is 88.6 Å². The number of carbonyl (C=O) groups is 17. The summed E-state index contributed by atoms with van der Waals surface area (Å²) in [6, 6.07) is 3.44. The van der Waals surface area contributed by atoms with Crippen molar-refractivity contribution < 1.29 is 119 Å². The number of benzene rings is 5. The second-order valence-electron chi connectivity index (χ2n) is 33.1. The summed E-state index contributed by atoms with van der Waals surface area (Å²) in [6.45, 7) is 1.84. The van der Waals surface area contributed by atoms with Gasteiger partial charge in [0, 0.05) is 102 Å². The van der Waals surface area contributed by atoms with Gasteiger partial charge in [0.05, 0.1) is 31.9 Å². The van der Waals surface area contributed by atoms with E-state index in [-0.39, 0.29) is 68.6 Å². The monoisotopic (exact) mass is 1870 g/mol. The van der Waals surface area contributed by atoms with Crippen LogP contribution < -0.4 is 59.3 Å². The molecule has 1 aromatic heterocycles. The molecular formula is C90H111F4N17O21S. The minimum absolute atomic E-state index is 0.0956. The van der Waals surface area contributed by atoms with Crippen LogP contribution in [0, 0.1) is 29.2 Å². The average molecular weight is 1880 g/mol. The van der Waals surface area contributed by atoms with Crippen molar-refractivity contribution in [3.05, 3.63) is 173 Å². The molecular weight excluding hydrogens is 1760 g/mol. The number of ether oxygens (including phenoxy) is 1. The number of aromatic hydroxyl groups is 1. The number of thioether (sulfide) groups is 1. The molecule has 43 heteroatoms. The molecule has 0 unspecified atom stereocenters. The average Bonchev–Trinajstić information content (AvgIpc) is 1.42. The van der Waals surface area contributed by atoms with E-state index in [0.29, 0.717) is 52.3 Å². The number of morpholine rings is 1. The van der Waals surface area contributed by atoms with Crippen molar-refractivity contribution in [3.63, 3.8) is 0 Å². The van der Waals surface area contributed by atoms with Crippen molar-refractivity contribution in [2.75, 3.05) is 72.0 Å². The molecule has 0 spiro atoms. The number of amides is 15. The third-order valence-corrected chi connectivity index (χ3v) is 24.2. The standard InChI is InChI=1S/C90H111F4N17O21S/c1-7-8-19-68-89(130)110-31-14-20-67(110)83(124)103-63(41-75(117)118)81(122)106-77(48(2)3)90(131)108(5)69(38-49-15-10-9-11-16-49)84(125)100-60(29-30-74(115)116)87(128)111-32-33-132-45-71(111)85(126)102-62(40-53-43-97-59-18-13-12-17-56(53)59)80(121)101-61(36-50-23-27-55(112)28-24-50)79(120)104-65(42-95)82(123)105-66(78(119)98-44-72(96)113)46-133-47-73(114)99-64(37-52-34-57(92)76(94)58(93)35-52)86(127)109(6)70(88(129)107(68)4)39-51-21-25-54(91)26-22-51/h9-13,15-18,21-28,34-35,43,48,60-71,77,97,112H,7-8,14,19-20,29-33,36-42,44-47,95H2,1-6H3,(H2,96,113)(H,98,119)(H,99,114)(H,100,125)(H,101,121)(H,102,126)(H,103,124)(H,104,120)(H,105,123)(H,106,122)(H,115,116)(H,117,118)/t60-,61-,62-,63-,64-,65-,66-,67+,68-,69-,70-,71+,77-/m0/s1. The van der Waals surface area contributed by atoms with Gasteiger partial charge in [0.15, 0.2) is 17.5 Å². The van der Waals surface area contributed by atoms with E-state index >= 15 is 51.9 Å². The Hall–Kier alpha value is -13.6. The number of nitrogens with one attached hydrogen (secondary N) is 10. The number of para-hydroxylation sites is 1. The van der Waals surface area contributed by atoms with Crippen LogP contribution in [0.25, 0.3) is 10.9 Å². The second kappa shape index (κ2) is 48.5. The summed E-state index contributed by atoms with van der Waals surface area (Å²) in [5, 5.41) is 54.0. The Labute approximate surface area is 766 Å². The predicted octanol–water partition coefficient (Wildman–Crippen LogP) is 0.0137. The first-order chi connectivity index (χ1) is 63.2. The summed E-state index contributed by atoms with van der Waals surface area (Å²) in [7, 11) is 3.52. The van der Waals surface area contributed by atoms with Gasteiger partial charge in [-0.1, -0.05) is 106 Å². The third-order valence-electron chi connectivity index (χ3n) is 23.1. The maximum absolute atomic E-state index is 15.6. The molecule has 5 aromatic carbocycles. The SMILES string of the molecule is CCCC[C@H]1C(=O)N2CCC[C@@H]2C(=O)N[C@@H](CC(=O)O)C(=O)N[C@@H](C(C)C)C(=O)N(C)[C@@H](Cc2ccccc2)C(=O)N[C@@H](CCC(=O)O)C(=O)N2CCOC[C@@H]2C(=O)N[C@@H](Cc2c[nH]c3ccccc23)C(=O)N[C@@H](Cc2ccc(O)cc2)C(=O)N[C@@H](CN)C(=O)N[C@H](C(=O)NCC(N)=O)CSCC(=O)N[C@@H](Cc2cc(F)c(F)c(F)c2)C(=O)N(C)[C@@H](Cc2ccc(F)cc2)C(=O)N1C. The van der Waals surface area contributed by atoms with Gasteiger partial charge >= 0.3 is 11.9 Å². The highest BCUT2D eigenvalue weighted by Gasteiger charge is 2.46. The topological polar surface area (TPSA) is 552 Å². The molecule has 133 heavy (non-hydrogen) atoms. The fourth-order valence-electron chi connectivity index (χ4n) is 15.8. The van der Waals surface area contributed by atoms with Gasteiger partial charge in [-0.05, 0) is 102 Å². The van der Waals surface area contributed by atoms with Gasteiger partial charge in [0.1, 0.15) is 90.1 Å². The number of phenolic OH excluding ortho intramolecular Hbond substituents is 1. The minimum atomic E-state index is -2.00. The van der Waals surface area contributed by atoms with E-state index < -0.39 is 290 Å². The largest absolute Gasteiger partial charge is 0.508 e. The summed E-state index contributed by atoms with van der Waals surface area (Å²) in [4.78, 5) is 257. The number of hydrogen-bond acceptors (Lipinski definition) is 21. The smallest absolute Gasteiger partial charge is 0.305 e. The molecule has 3 aliphatic heterocycles. The van der Waals surface area contributed by atoms with E-state index in [9.17, 15) is 62.5 Å². The molecule has 716 valence electrons. The number of hydrogen-bond donors (Lipinski definition) is 15. The van der Waals surface area contributed by atoms with E-state index in [1.807, 2.05) is 0 Å². The van der Waals surface area contributed by atoms with E-state index in [4.69, 9.17) is 16.2 Å². The molecule has 0 saturated carbocycles. The van der Waals surface area contributed by atoms with Gasteiger partial charge in [-0.3, -0.25) is 81.5 Å². The number of likely N-dealkylation sites (N-methyl/N-ethyl adjacent to an activating group) is 3. The molecule has 17 N–H and O–H groups in total. The van der Waals surface area contributed by atoms with Crippen LogP contribution in [0.3, 0.4) is 0 Å². The van der Waals surface area contributed by atoms with E-state index in [1.54, 1.807) is 67.7 Å². The molecule has 6 aromatic rings. The molecule has 0 aliphatic carbocycles. The van der Waals surface area contributed by atoms with Crippen LogP contribution in [0.2, 0.25) is 0 Å². The Balaban J connectivity index is 1.13. The first-order valence-corrected chi connectivity index (χ1v) is 44.3. The lowest BCUT2D eigenvalue weighted by Gasteiger charge is -2.38. The number of rotatable bonds is 23. The van der Waals surface area contributed by atoms with Crippen LogP contribution >= 0.6 is 11.8 Å². The van der Waals surface area contributed by atoms with Crippen LogP contribution in [-0.2, 0) is 118 Å². The van der Waals surface area contributed by atoms with Crippen molar-refractivity contribution in [3.8, 4) is 5.75 Å². The number of halogens is 4. The zero-order valence-electron chi connectivity index (χ0n) is 74.0. The molecule has 0 radical (unpaired) electrons. The van der Waals surface area contributed by atoms with E-state index in [0.717, 1.165) is 43.7 Å². The Morgan fingerprint density at radius 1 is 0.549 bits per heavy atom. The van der Waals surface area contributed by atoms with Crippen LogP contribution in [0.15, 0.2) is 121 Å². The second-order valence-corrected chi connectivity index (χ2v) is 34.1. The Morgan fingerprint density at radius 2 is 1.11 bits per heavy atom. The number of phenols is 1. The summed E-state index contributed by atoms with van der Waals surface area (Å²) >= 11 is 0.594. The molecule has 9 rings (SSSR count). The molecule has 0 bridgehead atoms. The molecule has 3 aliphatic rings. The van der Waals surface area contributed by atoms with E-state index in [2.05, 4.69) is 52.8 Å². The van der Waals surface area contributed by atoms with Crippen LogP contribution in [0.1, 0.15) is 100.0 Å². The molecule has 4 heterocycles. The number of aliphatic carboxylic acids is 2. The van der Waals surface area contributed by atoms with Gasteiger partial charge in [-0.25, -0.2) is 17.6 Å². The molecule has 3 saturated heterocycles. The van der Waals surface area contributed by atoms with Crippen molar-refractivity contribution in [1.29, 1.82) is 0 Å².